The van der Waals surface area contributed by atoms with E-state index < -0.39 is 0 Å². The van der Waals surface area contributed by atoms with E-state index in [9.17, 15) is 0 Å². The minimum absolute atomic E-state index is 0.0769. The Morgan fingerprint density at radius 2 is 1.95 bits per heavy atom. The Hall–Kier alpha value is -2.29. The SMILES string of the molecule is CC1(C)C2=NCCc3cc4c(c(c32)-c2ccccc21)OCO4. The van der Waals surface area contributed by atoms with Crippen molar-refractivity contribution in [3.63, 3.8) is 0 Å². The van der Waals surface area contributed by atoms with Gasteiger partial charge in [-0.25, -0.2) is 0 Å². The second kappa shape index (κ2) is 3.92. The van der Waals surface area contributed by atoms with Gasteiger partial charge in [0.2, 0.25) is 6.79 Å². The van der Waals surface area contributed by atoms with Crippen LogP contribution >= 0.6 is 0 Å². The molecule has 1 aliphatic carbocycles. The van der Waals surface area contributed by atoms with E-state index in [0.717, 1.165) is 24.5 Å². The van der Waals surface area contributed by atoms with Crippen molar-refractivity contribution >= 4 is 5.71 Å². The zero-order chi connectivity index (χ0) is 14.9. The highest BCUT2D eigenvalue weighted by Crippen LogP contribution is 2.53. The molecule has 0 radical (unpaired) electrons. The van der Waals surface area contributed by atoms with Gasteiger partial charge >= 0.3 is 0 Å². The summed E-state index contributed by atoms with van der Waals surface area (Å²) in [5.41, 5.74) is 7.49. The summed E-state index contributed by atoms with van der Waals surface area (Å²) >= 11 is 0. The second-order valence-electron chi connectivity index (χ2n) is 6.67. The van der Waals surface area contributed by atoms with Crippen molar-refractivity contribution in [2.75, 3.05) is 13.3 Å². The molecule has 2 heterocycles. The molecule has 2 aliphatic heterocycles. The van der Waals surface area contributed by atoms with Gasteiger partial charge in [0.25, 0.3) is 0 Å². The van der Waals surface area contributed by atoms with Crippen molar-refractivity contribution in [3.05, 3.63) is 47.0 Å². The van der Waals surface area contributed by atoms with Gasteiger partial charge in [0.05, 0.1) is 5.71 Å². The van der Waals surface area contributed by atoms with Crippen LogP contribution in [0.15, 0.2) is 35.3 Å². The van der Waals surface area contributed by atoms with Crippen LogP contribution in [0.3, 0.4) is 0 Å². The number of benzene rings is 2. The zero-order valence-electron chi connectivity index (χ0n) is 12.8. The third-order valence-corrected chi connectivity index (χ3v) is 5.09. The van der Waals surface area contributed by atoms with Gasteiger partial charge in [-0.3, -0.25) is 4.99 Å². The van der Waals surface area contributed by atoms with Crippen LogP contribution in [0.4, 0.5) is 0 Å². The van der Waals surface area contributed by atoms with E-state index >= 15 is 0 Å². The predicted molar refractivity (Wildman–Crippen MR) is 86.1 cm³/mol. The molecule has 0 atom stereocenters. The molecule has 3 aliphatic rings. The van der Waals surface area contributed by atoms with E-state index in [0.29, 0.717) is 6.79 Å². The molecule has 0 saturated carbocycles. The Labute approximate surface area is 129 Å². The van der Waals surface area contributed by atoms with E-state index in [4.69, 9.17) is 14.5 Å². The number of aliphatic imine (C=N–C) groups is 1. The predicted octanol–water partition coefficient (Wildman–Crippen LogP) is 3.72. The van der Waals surface area contributed by atoms with E-state index in [-0.39, 0.29) is 5.41 Å². The lowest BCUT2D eigenvalue weighted by Gasteiger charge is -2.38. The molecular weight excluding hydrogens is 274 g/mol. The molecule has 0 bridgehead atoms. The molecule has 110 valence electrons. The van der Waals surface area contributed by atoms with Crippen molar-refractivity contribution in [1.82, 2.24) is 0 Å². The maximum absolute atomic E-state index is 5.82. The fourth-order valence-electron chi connectivity index (χ4n) is 4.07. The van der Waals surface area contributed by atoms with Gasteiger partial charge in [-0.05, 0) is 29.2 Å². The standard InChI is InChI=1S/C19H17NO2/c1-19(2)13-6-4-3-5-12(13)16-15-11(7-8-20-18(15)19)9-14-17(16)22-10-21-14/h3-6,9H,7-8,10H2,1-2H3. The highest BCUT2D eigenvalue weighted by atomic mass is 16.7. The summed E-state index contributed by atoms with van der Waals surface area (Å²) in [6.07, 6.45) is 0.973. The molecule has 0 fully saturated rings. The summed E-state index contributed by atoms with van der Waals surface area (Å²) in [5, 5.41) is 0. The Balaban J connectivity index is 1.97. The van der Waals surface area contributed by atoms with Gasteiger partial charge in [-0.15, -0.1) is 0 Å². The first-order chi connectivity index (χ1) is 10.7. The van der Waals surface area contributed by atoms with E-state index in [1.54, 1.807) is 0 Å². The number of fused-ring (bicyclic) bond motifs is 4. The van der Waals surface area contributed by atoms with Crippen LogP contribution in [0, 0.1) is 0 Å². The lowest BCUT2D eigenvalue weighted by atomic mass is 9.66. The average molecular weight is 291 g/mol. The summed E-state index contributed by atoms with van der Waals surface area (Å²) in [6.45, 7) is 5.71. The summed E-state index contributed by atoms with van der Waals surface area (Å²) < 4.78 is 11.5. The largest absolute Gasteiger partial charge is 0.454 e. The fourth-order valence-corrected chi connectivity index (χ4v) is 4.07. The molecule has 0 spiro atoms. The summed E-state index contributed by atoms with van der Waals surface area (Å²) in [7, 11) is 0. The molecule has 0 aromatic heterocycles. The first kappa shape index (κ1) is 12.3. The van der Waals surface area contributed by atoms with Crippen LogP contribution in [-0.4, -0.2) is 19.0 Å². The number of ether oxygens (including phenoxy) is 2. The monoisotopic (exact) mass is 291 g/mol. The van der Waals surface area contributed by atoms with Gasteiger partial charge in [-0.2, -0.15) is 0 Å². The van der Waals surface area contributed by atoms with Crippen LogP contribution < -0.4 is 9.47 Å². The topological polar surface area (TPSA) is 30.8 Å². The minimum atomic E-state index is -0.0769. The van der Waals surface area contributed by atoms with Crippen molar-refractivity contribution in [2.24, 2.45) is 4.99 Å². The van der Waals surface area contributed by atoms with Crippen molar-refractivity contribution in [1.29, 1.82) is 0 Å². The highest BCUT2D eigenvalue weighted by molar-refractivity contribution is 6.18. The summed E-state index contributed by atoms with van der Waals surface area (Å²) in [5.74, 6) is 1.76. The lowest BCUT2D eigenvalue weighted by molar-refractivity contribution is 0.174. The molecule has 0 N–H and O–H groups in total. The van der Waals surface area contributed by atoms with Gasteiger partial charge in [0.15, 0.2) is 11.5 Å². The second-order valence-corrected chi connectivity index (χ2v) is 6.67. The first-order valence-electron chi connectivity index (χ1n) is 7.78. The molecule has 2 aromatic rings. The van der Waals surface area contributed by atoms with E-state index in [2.05, 4.69) is 44.2 Å². The van der Waals surface area contributed by atoms with Crippen LogP contribution in [0.1, 0.15) is 30.5 Å². The van der Waals surface area contributed by atoms with Gasteiger partial charge in [0, 0.05) is 23.1 Å². The minimum Gasteiger partial charge on any atom is -0.454 e. The van der Waals surface area contributed by atoms with Crippen LogP contribution in [0.25, 0.3) is 11.1 Å². The normalized spacial score (nSPS) is 19.3. The molecule has 22 heavy (non-hydrogen) atoms. The van der Waals surface area contributed by atoms with Crippen LogP contribution in [-0.2, 0) is 11.8 Å². The fraction of sp³-hybridized carbons (Fsp3) is 0.316. The Morgan fingerprint density at radius 1 is 1.09 bits per heavy atom. The quantitative estimate of drug-likeness (QED) is 0.740. The Morgan fingerprint density at radius 3 is 2.86 bits per heavy atom. The first-order valence-corrected chi connectivity index (χ1v) is 7.78. The maximum atomic E-state index is 5.82. The molecule has 3 nitrogen and oxygen atoms in total. The summed E-state index contributed by atoms with van der Waals surface area (Å²) in [4.78, 5) is 4.90. The third kappa shape index (κ3) is 1.34. The number of nitrogens with zero attached hydrogens (tertiary/aromatic N) is 1. The third-order valence-electron chi connectivity index (χ3n) is 5.09. The maximum Gasteiger partial charge on any atom is 0.231 e. The van der Waals surface area contributed by atoms with Crippen molar-refractivity contribution < 1.29 is 9.47 Å². The molecule has 0 unspecified atom stereocenters. The molecule has 0 saturated heterocycles. The zero-order valence-corrected chi connectivity index (χ0v) is 12.8. The van der Waals surface area contributed by atoms with Gasteiger partial charge in [0.1, 0.15) is 0 Å². The van der Waals surface area contributed by atoms with Crippen LogP contribution in [0.2, 0.25) is 0 Å². The number of hydrogen-bond donors (Lipinski definition) is 0. The molecule has 0 amide bonds. The molecule has 5 rings (SSSR count). The number of hydrogen-bond acceptors (Lipinski definition) is 3. The lowest BCUT2D eigenvalue weighted by Crippen LogP contribution is -2.37. The highest BCUT2D eigenvalue weighted by Gasteiger charge is 2.42. The smallest absolute Gasteiger partial charge is 0.231 e. The Bertz CT molecular complexity index is 849. The average Bonchev–Trinajstić information content (AvgIpc) is 2.99. The van der Waals surface area contributed by atoms with E-state index in [1.807, 2.05) is 0 Å². The van der Waals surface area contributed by atoms with E-state index in [1.165, 1.54) is 33.5 Å². The van der Waals surface area contributed by atoms with Crippen LogP contribution in [0.5, 0.6) is 11.5 Å². The van der Waals surface area contributed by atoms with Gasteiger partial charge in [-0.1, -0.05) is 38.1 Å². The summed E-state index contributed by atoms with van der Waals surface area (Å²) in [6, 6.07) is 10.8. The van der Waals surface area contributed by atoms with Crippen molar-refractivity contribution in [3.8, 4) is 22.6 Å². The number of rotatable bonds is 0. The Kier molecular flexibility index (Phi) is 2.18. The van der Waals surface area contributed by atoms with Gasteiger partial charge < -0.3 is 9.47 Å². The van der Waals surface area contributed by atoms with Crippen molar-refractivity contribution in [2.45, 2.75) is 25.7 Å². The molecular formula is C19H17NO2. The molecule has 2 aromatic carbocycles. The molecule has 3 heteroatoms.